The van der Waals surface area contributed by atoms with Crippen LogP contribution in [0.3, 0.4) is 0 Å². The highest BCUT2D eigenvalue weighted by molar-refractivity contribution is 6.15. The van der Waals surface area contributed by atoms with E-state index < -0.39 is 12.1 Å². The van der Waals surface area contributed by atoms with Gasteiger partial charge >= 0.3 is 6.03 Å². The van der Waals surface area contributed by atoms with Gasteiger partial charge in [0.15, 0.2) is 0 Å². The molecule has 1 aromatic carbocycles. The summed E-state index contributed by atoms with van der Waals surface area (Å²) in [7, 11) is 0. The summed E-state index contributed by atoms with van der Waals surface area (Å²) in [6, 6.07) is 6.27. The van der Waals surface area contributed by atoms with Gasteiger partial charge in [0.05, 0.1) is 0 Å². The van der Waals surface area contributed by atoms with Gasteiger partial charge in [0.25, 0.3) is 5.91 Å². The summed E-state index contributed by atoms with van der Waals surface area (Å²) < 4.78 is 5.19. The Morgan fingerprint density at radius 3 is 2.56 bits per heavy atom. The predicted molar refractivity (Wildman–Crippen MR) is 94.3 cm³/mol. The number of nitrogens with zero attached hydrogens (tertiary/aromatic N) is 2. The van der Waals surface area contributed by atoms with E-state index in [9.17, 15) is 14.4 Å². The smallest absolute Gasteiger partial charge is 0.332 e. The first-order valence-electron chi connectivity index (χ1n) is 8.51. The summed E-state index contributed by atoms with van der Waals surface area (Å²) in [4.78, 5) is 39.4. The van der Waals surface area contributed by atoms with Crippen LogP contribution in [-0.4, -0.2) is 55.1 Å². The molecule has 4 amide bonds. The molecule has 1 N–H and O–H groups in total. The van der Waals surface area contributed by atoms with E-state index in [2.05, 4.69) is 5.32 Å². The van der Waals surface area contributed by atoms with Gasteiger partial charge in [-0.15, -0.1) is 0 Å². The number of amides is 4. The van der Waals surface area contributed by atoms with Crippen molar-refractivity contribution in [3.63, 3.8) is 0 Å². The Balaban J connectivity index is 1.95. The number of ether oxygens (including phenoxy) is 1. The number of hydrogen-bond donors (Lipinski definition) is 1. The molecule has 1 aliphatic rings. The number of aryl methyl sites for hydroxylation is 1. The van der Waals surface area contributed by atoms with Gasteiger partial charge in [0.2, 0.25) is 5.91 Å². The van der Waals surface area contributed by atoms with Crippen LogP contribution in [0.15, 0.2) is 24.3 Å². The van der Waals surface area contributed by atoms with Crippen LogP contribution in [0.2, 0.25) is 0 Å². The van der Waals surface area contributed by atoms with Crippen molar-refractivity contribution in [2.24, 2.45) is 0 Å². The van der Waals surface area contributed by atoms with Gasteiger partial charge < -0.3 is 10.1 Å². The Labute approximate surface area is 147 Å². The monoisotopic (exact) mass is 347 g/mol. The van der Waals surface area contributed by atoms with E-state index in [-0.39, 0.29) is 18.4 Å². The van der Waals surface area contributed by atoms with Crippen LogP contribution in [0, 0.1) is 6.92 Å². The van der Waals surface area contributed by atoms with E-state index in [1.54, 1.807) is 19.1 Å². The third-order valence-electron chi connectivity index (χ3n) is 4.05. The third-order valence-corrected chi connectivity index (χ3v) is 4.05. The molecule has 1 heterocycles. The van der Waals surface area contributed by atoms with E-state index in [0.29, 0.717) is 31.9 Å². The number of urea groups is 1. The highest BCUT2D eigenvalue weighted by atomic mass is 16.5. The first-order chi connectivity index (χ1) is 12.0. The summed E-state index contributed by atoms with van der Waals surface area (Å²) in [6.45, 7) is 6.91. The van der Waals surface area contributed by atoms with Crippen molar-refractivity contribution in [3.05, 3.63) is 29.8 Å². The minimum atomic E-state index is -0.624. The molecule has 0 aromatic heterocycles. The Bertz CT molecular complexity index is 630. The van der Waals surface area contributed by atoms with Crippen molar-refractivity contribution in [2.75, 3.05) is 31.2 Å². The summed E-state index contributed by atoms with van der Waals surface area (Å²) in [5.74, 6) is -0.716. The molecule has 25 heavy (non-hydrogen) atoms. The Morgan fingerprint density at radius 1 is 1.24 bits per heavy atom. The highest BCUT2D eigenvalue weighted by Gasteiger charge is 2.43. The van der Waals surface area contributed by atoms with Crippen LogP contribution < -0.4 is 10.2 Å². The Kier molecular flexibility index (Phi) is 6.52. The summed E-state index contributed by atoms with van der Waals surface area (Å²) in [6.07, 6.45) is 0.688. The van der Waals surface area contributed by atoms with Crippen molar-refractivity contribution < 1.29 is 19.1 Å². The molecular weight excluding hydrogens is 322 g/mol. The molecule has 7 heteroatoms. The minimum absolute atomic E-state index is 0.265. The lowest BCUT2D eigenvalue weighted by Crippen LogP contribution is -2.41. The molecule has 0 aliphatic carbocycles. The fourth-order valence-electron chi connectivity index (χ4n) is 2.66. The minimum Gasteiger partial charge on any atom is -0.382 e. The SMILES string of the molecule is CCOCCCNC(=O)CN1C(=O)[C@H](C)N(c2ccc(C)cc2)C1=O. The second kappa shape index (κ2) is 8.62. The third kappa shape index (κ3) is 4.57. The Hall–Kier alpha value is -2.41. The lowest BCUT2D eigenvalue weighted by Gasteiger charge is -2.19. The van der Waals surface area contributed by atoms with Crippen LogP contribution in [0.25, 0.3) is 0 Å². The first-order valence-corrected chi connectivity index (χ1v) is 8.51. The van der Waals surface area contributed by atoms with E-state index in [1.807, 2.05) is 26.0 Å². The van der Waals surface area contributed by atoms with Gasteiger partial charge in [-0.25, -0.2) is 4.79 Å². The molecule has 0 bridgehead atoms. The van der Waals surface area contributed by atoms with Crippen molar-refractivity contribution in [1.82, 2.24) is 10.2 Å². The maximum atomic E-state index is 12.6. The maximum Gasteiger partial charge on any atom is 0.332 e. The van der Waals surface area contributed by atoms with Crippen molar-refractivity contribution >= 4 is 23.5 Å². The lowest BCUT2D eigenvalue weighted by atomic mass is 10.2. The van der Waals surface area contributed by atoms with Crippen LogP contribution in [0.4, 0.5) is 10.5 Å². The van der Waals surface area contributed by atoms with Crippen molar-refractivity contribution in [3.8, 4) is 0 Å². The first kappa shape index (κ1) is 18.9. The quantitative estimate of drug-likeness (QED) is 0.573. The van der Waals surface area contributed by atoms with Crippen molar-refractivity contribution in [2.45, 2.75) is 33.2 Å². The van der Waals surface area contributed by atoms with E-state index in [4.69, 9.17) is 4.74 Å². The average molecular weight is 347 g/mol. The molecule has 1 aromatic rings. The molecule has 1 aliphatic heterocycles. The van der Waals surface area contributed by atoms with Gasteiger partial charge in [0, 0.05) is 25.4 Å². The highest BCUT2D eigenvalue weighted by Crippen LogP contribution is 2.25. The van der Waals surface area contributed by atoms with Crippen LogP contribution >= 0.6 is 0 Å². The number of anilines is 1. The van der Waals surface area contributed by atoms with Crippen LogP contribution in [0.5, 0.6) is 0 Å². The topological polar surface area (TPSA) is 79.0 Å². The predicted octanol–water partition coefficient (Wildman–Crippen LogP) is 1.69. The molecular formula is C18H25N3O4. The number of hydrogen-bond acceptors (Lipinski definition) is 4. The molecule has 0 spiro atoms. The number of carbonyl (C=O) groups is 3. The molecule has 1 fully saturated rings. The standard InChI is InChI=1S/C18H25N3O4/c1-4-25-11-5-10-19-16(22)12-20-17(23)14(3)21(18(20)24)15-8-6-13(2)7-9-15/h6-9,14H,4-5,10-12H2,1-3H3,(H,19,22)/t14-/m0/s1. The molecule has 136 valence electrons. The van der Waals surface area contributed by atoms with Crippen LogP contribution in [-0.2, 0) is 14.3 Å². The molecule has 1 saturated heterocycles. The summed E-state index contributed by atoms with van der Waals surface area (Å²) >= 11 is 0. The normalized spacial score (nSPS) is 17.3. The van der Waals surface area contributed by atoms with Gasteiger partial charge in [-0.3, -0.25) is 19.4 Å². The lowest BCUT2D eigenvalue weighted by molar-refractivity contribution is -0.131. The second-order valence-electron chi connectivity index (χ2n) is 5.99. The maximum absolute atomic E-state index is 12.6. The van der Waals surface area contributed by atoms with Gasteiger partial charge in [-0.1, -0.05) is 17.7 Å². The molecule has 0 radical (unpaired) electrons. The molecule has 2 rings (SSSR count). The molecule has 1 atom stereocenters. The average Bonchev–Trinajstić information content (AvgIpc) is 2.79. The molecule has 7 nitrogen and oxygen atoms in total. The number of nitrogens with one attached hydrogen (secondary N) is 1. The van der Waals surface area contributed by atoms with E-state index in [0.717, 1.165) is 10.5 Å². The number of benzene rings is 1. The zero-order valence-corrected chi connectivity index (χ0v) is 14.9. The number of rotatable bonds is 8. The fourth-order valence-corrected chi connectivity index (χ4v) is 2.66. The number of carbonyl (C=O) groups excluding carboxylic acids is 3. The summed E-state index contributed by atoms with van der Waals surface area (Å²) in [5, 5.41) is 2.70. The zero-order chi connectivity index (χ0) is 18.4. The Morgan fingerprint density at radius 2 is 1.92 bits per heavy atom. The second-order valence-corrected chi connectivity index (χ2v) is 5.99. The molecule has 0 unspecified atom stereocenters. The summed E-state index contributed by atoms with van der Waals surface area (Å²) in [5.41, 5.74) is 1.72. The fraction of sp³-hybridized carbons (Fsp3) is 0.500. The number of imide groups is 1. The van der Waals surface area contributed by atoms with Crippen molar-refractivity contribution in [1.29, 1.82) is 0 Å². The largest absolute Gasteiger partial charge is 0.382 e. The van der Waals surface area contributed by atoms with Gasteiger partial charge in [0.1, 0.15) is 12.6 Å². The van der Waals surface area contributed by atoms with Crippen LogP contribution in [0.1, 0.15) is 25.8 Å². The van der Waals surface area contributed by atoms with E-state index in [1.165, 1.54) is 4.90 Å². The zero-order valence-electron chi connectivity index (χ0n) is 14.9. The van der Waals surface area contributed by atoms with Gasteiger partial charge in [-0.2, -0.15) is 0 Å². The van der Waals surface area contributed by atoms with E-state index >= 15 is 0 Å². The molecule has 0 saturated carbocycles. The van der Waals surface area contributed by atoms with Gasteiger partial charge in [-0.05, 0) is 39.3 Å².